The van der Waals surface area contributed by atoms with E-state index in [1.807, 2.05) is 30.3 Å². The van der Waals surface area contributed by atoms with E-state index in [1.54, 1.807) is 12.1 Å². The number of nitro groups is 1. The van der Waals surface area contributed by atoms with Crippen molar-refractivity contribution in [1.29, 1.82) is 0 Å². The van der Waals surface area contributed by atoms with Crippen LogP contribution in [-0.4, -0.2) is 17.9 Å². The fraction of sp³-hybridized carbons (Fsp3) is 0.0625. The van der Waals surface area contributed by atoms with E-state index >= 15 is 0 Å². The Balaban J connectivity index is 2.14. The van der Waals surface area contributed by atoms with Gasteiger partial charge >= 0.3 is 0 Å². The van der Waals surface area contributed by atoms with Gasteiger partial charge in [-0.1, -0.05) is 30.3 Å². The predicted octanol–water partition coefficient (Wildman–Crippen LogP) is 3.26. The highest BCUT2D eigenvalue weighted by Crippen LogP contribution is 2.28. The van der Waals surface area contributed by atoms with Gasteiger partial charge in [0.1, 0.15) is 11.4 Å². The number of carbonyl (C=O) groups is 1. The van der Waals surface area contributed by atoms with Crippen LogP contribution in [0, 0.1) is 10.1 Å². The number of carbonyl (C=O) groups excluding carboxylic acids is 1. The van der Waals surface area contributed by atoms with Crippen molar-refractivity contribution >= 4 is 23.4 Å². The Morgan fingerprint density at radius 3 is 2.59 bits per heavy atom. The number of anilines is 1. The maximum absolute atomic E-state index is 11.9. The topological polar surface area (TPSA) is 81.5 Å². The Morgan fingerprint density at radius 1 is 1.23 bits per heavy atom. The minimum atomic E-state index is -0.570. The summed E-state index contributed by atoms with van der Waals surface area (Å²) >= 11 is 0. The van der Waals surface area contributed by atoms with Crippen LogP contribution in [0.5, 0.6) is 5.75 Å². The first-order valence-corrected chi connectivity index (χ1v) is 6.46. The lowest BCUT2D eigenvalue weighted by Gasteiger charge is -2.05. The Hall–Kier alpha value is -3.15. The maximum Gasteiger partial charge on any atom is 0.296 e. The number of amides is 1. The molecule has 0 aliphatic carbocycles. The SMILES string of the molecule is COc1ccc(NC(=O)/C=C/c2ccccc2)c([N+](=O)[O-])c1. The van der Waals surface area contributed by atoms with E-state index in [9.17, 15) is 14.9 Å². The summed E-state index contributed by atoms with van der Waals surface area (Å²) in [5, 5.41) is 13.5. The third-order valence-electron chi connectivity index (χ3n) is 2.89. The summed E-state index contributed by atoms with van der Waals surface area (Å²) < 4.78 is 4.94. The van der Waals surface area contributed by atoms with Gasteiger partial charge in [-0.15, -0.1) is 0 Å². The van der Waals surface area contributed by atoms with Gasteiger partial charge in [0.25, 0.3) is 5.69 Å². The van der Waals surface area contributed by atoms with E-state index in [2.05, 4.69) is 5.32 Å². The lowest BCUT2D eigenvalue weighted by Crippen LogP contribution is -2.09. The zero-order chi connectivity index (χ0) is 15.9. The van der Waals surface area contributed by atoms with E-state index in [0.29, 0.717) is 5.75 Å². The van der Waals surface area contributed by atoms with Crippen LogP contribution in [0.15, 0.2) is 54.6 Å². The number of nitrogens with one attached hydrogen (secondary N) is 1. The molecule has 2 aromatic carbocycles. The highest BCUT2D eigenvalue weighted by atomic mass is 16.6. The Labute approximate surface area is 127 Å². The van der Waals surface area contributed by atoms with Crippen molar-refractivity contribution in [3.8, 4) is 5.75 Å². The monoisotopic (exact) mass is 298 g/mol. The normalized spacial score (nSPS) is 10.4. The van der Waals surface area contributed by atoms with Crippen molar-refractivity contribution in [2.45, 2.75) is 0 Å². The van der Waals surface area contributed by atoms with Gasteiger partial charge in [0.05, 0.1) is 18.1 Å². The number of benzene rings is 2. The summed E-state index contributed by atoms with van der Waals surface area (Å²) in [6, 6.07) is 13.5. The second-order valence-corrected chi connectivity index (χ2v) is 4.37. The quantitative estimate of drug-likeness (QED) is 0.522. The van der Waals surface area contributed by atoms with Gasteiger partial charge in [-0.05, 0) is 23.8 Å². The van der Waals surface area contributed by atoms with Crippen molar-refractivity contribution in [3.63, 3.8) is 0 Å². The molecule has 0 aromatic heterocycles. The van der Waals surface area contributed by atoms with Gasteiger partial charge in [-0.3, -0.25) is 14.9 Å². The molecule has 0 fully saturated rings. The fourth-order valence-corrected chi connectivity index (χ4v) is 1.81. The number of hydrogen-bond donors (Lipinski definition) is 1. The summed E-state index contributed by atoms with van der Waals surface area (Å²) in [6.45, 7) is 0. The van der Waals surface area contributed by atoms with E-state index in [-0.39, 0.29) is 11.4 Å². The van der Waals surface area contributed by atoms with Crippen molar-refractivity contribution in [1.82, 2.24) is 0 Å². The third kappa shape index (κ3) is 3.92. The molecule has 0 radical (unpaired) electrons. The first kappa shape index (κ1) is 15.2. The van der Waals surface area contributed by atoms with Gasteiger partial charge in [0, 0.05) is 6.08 Å². The highest BCUT2D eigenvalue weighted by Gasteiger charge is 2.16. The molecule has 1 N–H and O–H groups in total. The molecule has 0 heterocycles. The van der Waals surface area contributed by atoms with Gasteiger partial charge in [0.15, 0.2) is 0 Å². The van der Waals surface area contributed by atoms with Crippen molar-refractivity contribution in [2.75, 3.05) is 12.4 Å². The molecule has 0 atom stereocenters. The summed E-state index contributed by atoms with van der Waals surface area (Å²) in [4.78, 5) is 22.3. The number of methoxy groups -OCH3 is 1. The van der Waals surface area contributed by atoms with Gasteiger partial charge in [-0.25, -0.2) is 0 Å². The summed E-state index contributed by atoms with van der Waals surface area (Å²) in [6.07, 6.45) is 2.95. The molecule has 0 bridgehead atoms. The molecule has 0 unspecified atom stereocenters. The fourth-order valence-electron chi connectivity index (χ4n) is 1.81. The van der Waals surface area contributed by atoms with Gasteiger partial charge in [0.2, 0.25) is 5.91 Å². The standard InChI is InChI=1S/C16H14N2O4/c1-22-13-8-9-14(15(11-13)18(20)21)17-16(19)10-7-12-5-3-2-4-6-12/h2-11H,1H3,(H,17,19)/b10-7+. The van der Waals surface area contributed by atoms with Crippen LogP contribution in [0.2, 0.25) is 0 Å². The van der Waals surface area contributed by atoms with E-state index in [4.69, 9.17) is 4.74 Å². The Bertz CT molecular complexity index is 711. The molecule has 112 valence electrons. The summed E-state index contributed by atoms with van der Waals surface area (Å²) in [5.74, 6) is -0.0957. The molecule has 2 rings (SSSR count). The van der Waals surface area contributed by atoms with Crippen LogP contribution in [0.1, 0.15) is 5.56 Å². The van der Waals surface area contributed by atoms with Crippen LogP contribution in [0.3, 0.4) is 0 Å². The van der Waals surface area contributed by atoms with Crippen LogP contribution in [0.4, 0.5) is 11.4 Å². The molecule has 22 heavy (non-hydrogen) atoms. The molecule has 0 aliphatic rings. The average molecular weight is 298 g/mol. The third-order valence-corrected chi connectivity index (χ3v) is 2.89. The first-order valence-electron chi connectivity index (χ1n) is 6.46. The molecule has 6 nitrogen and oxygen atoms in total. The molecule has 0 saturated carbocycles. The van der Waals surface area contributed by atoms with Gasteiger partial charge < -0.3 is 10.1 Å². The molecule has 0 aliphatic heterocycles. The summed E-state index contributed by atoms with van der Waals surface area (Å²) in [5.41, 5.74) is 0.760. The summed E-state index contributed by atoms with van der Waals surface area (Å²) in [7, 11) is 1.42. The number of ether oxygens (including phenoxy) is 1. The van der Waals surface area contributed by atoms with Crippen LogP contribution < -0.4 is 10.1 Å². The largest absolute Gasteiger partial charge is 0.496 e. The minimum Gasteiger partial charge on any atom is -0.496 e. The Kier molecular flexibility index (Phi) is 4.87. The van der Waals surface area contributed by atoms with Gasteiger partial charge in [-0.2, -0.15) is 0 Å². The Morgan fingerprint density at radius 2 is 1.95 bits per heavy atom. The number of nitrogens with zero attached hydrogens (tertiary/aromatic N) is 1. The van der Waals surface area contributed by atoms with Crippen molar-refractivity contribution in [3.05, 3.63) is 70.3 Å². The molecule has 1 amide bonds. The van der Waals surface area contributed by atoms with Crippen LogP contribution in [-0.2, 0) is 4.79 Å². The molecule has 0 saturated heterocycles. The van der Waals surface area contributed by atoms with Crippen molar-refractivity contribution in [2.24, 2.45) is 0 Å². The van der Waals surface area contributed by atoms with Crippen LogP contribution in [0.25, 0.3) is 6.08 Å². The molecular weight excluding hydrogens is 284 g/mol. The number of nitro benzene ring substituents is 1. The second-order valence-electron chi connectivity index (χ2n) is 4.37. The number of rotatable bonds is 5. The predicted molar refractivity (Wildman–Crippen MR) is 83.8 cm³/mol. The molecule has 6 heteroatoms. The first-order chi connectivity index (χ1) is 10.6. The van der Waals surface area contributed by atoms with E-state index < -0.39 is 10.8 Å². The average Bonchev–Trinajstić information content (AvgIpc) is 2.54. The zero-order valence-electron chi connectivity index (χ0n) is 11.9. The lowest BCUT2D eigenvalue weighted by atomic mass is 10.2. The van der Waals surface area contributed by atoms with Crippen LogP contribution >= 0.6 is 0 Å². The molecule has 0 spiro atoms. The van der Waals surface area contributed by atoms with E-state index in [0.717, 1.165) is 5.56 Å². The maximum atomic E-state index is 11.9. The lowest BCUT2D eigenvalue weighted by molar-refractivity contribution is -0.384. The minimum absolute atomic E-state index is 0.119. The zero-order valence-corrected chi connectivity index (χ0v) is 11.9. The van der Waals surface area contributed by atoms with Crippen molar-refractivity contribution < 1.29 is 14.5 Å². The molecule has 2 aromatic rings. The molecular formula is C16H14N2O4. The van der Waals surface area contributed by atoms with E-state index in [1.165, 1.54) is 25.3 Å². The smallest absolute Gasteiger partial charge is 0.296 e. The second kappa shape index (κ2) is 7.03. The number of hydrogen-bond acceptors (Lipinski definition) is 4. The highest BCUT2D eigenvalue weighted by molar-refractivity contribution is 6.03.